The molecular weight excluding hydrogens is 248 g/mol. The van der Waals surface area contributed by atoms with Crippen LogP contribution in [0.1, 0.15) is 0 Å². The van der Waals surface area contributed by atoms with Crippen LogP contribution in [0.4, 0.5) is 5.69 Å². The standard InChI is InChI=1S/C13H12N2O4/c16-11(17)10-7-4-8-14-13(10,12(18)19)15-9-5-2-1-3-6-9/h1-8,14-15H,(H,16,17)(H,18,19). The van der Waals surface area contributed by atoms with Crippen LogP contribution in [0, 0.1) is 0 Å². The fraction of sp³-hybridized carbons (Fsp3) is 0.0769. The number of para-hydroxylation sites is 1. The molecule has 0 aromatic heterocycles. The van der Waals surface area contributed by atoms with Gasteiger partial charge in [-0.2, -0.15) is 0 Å². The third-order valence-electron chi connectivity index (χ3n) is 2.72. The normalized spacial score (nSPS) is 21.2. The van der Waals surface area contributed by atoms with Crippen molar-refractivity contribution in [2.45, 2.75) is 5.66 Å². The maximum absolute atomic E-state index is 11.5. The van der Waals surface area contributed by atoms with E-state index in [9.17, 15) is 14.7 Å². The molecule has 6 heteroatoms. The first-order valence-corrected chi connectivity index (χ1v) is 5.51. The molecule has 19 heavy (non-hydrogen) atoms. The molecule has 4 N–H and O–H groups in total. The maximum Gasteiger partial charge on any atom is 0.355 e. The van der Waals surface area contributed by atoms with Crippen LogP contribution in [0.15, 0.2) is 54.3 Å². The van der Waals surface area contributed by atoms with E-state index in [0.29, 0.717) is 5.69 Å². The van der Waals surface area contributed by atoms with E-state index in [1.165, 1.54) is 18.4 Å². The van der Waals surface area contributed by atoms with E-state index >= 15 is 0 Å². The van der Waals surface area contributed by atoms with Gasteiger partial charge < -0.3 is 20.8 Å². The van der Waals surface area contributed by atoms with Crippen LogP contribution in [0.25, 0.3) is 0 Å². The Labute approximate surface area is 109 Å². The van der Waals surface area contributed by atoms with Gasteiger partial charge >= 0.3 is 11.9 Å². The van der Waals surface area contributed by atoms with Crippen molar-refractivity contribution in [1.82, 2.24) is 5.32 Å². The molecule has 1 aromatic rings. The Morgan fingerprint density at radius 1 is 1.16 bits per heavy atom. The zero-order valence-electron chi connectivity index (χ0n) is 9.83. The molecule has 98 valence electrons. The summed E-state index contributed by atoms with van der Waals surface area (Å²) in [4.78, 5) is 22.8. The van der Waals surface area contributed by atoms with E-state index in [1.807, 2.05) is 0 Å². The Balaban J connectivity index is 2.44. The predicted molar refractivity (Wildman–Crippen MR) is 68.4 cm³/mol. The number of allylic oxidation sites excluding steroid dienone is 2. The number of hydrogen-bond acceptors (Lipinski definition) is 4. The molecule has 1 aliphatic heterocycles. The van der Waals surface area contributed by atoms with E-state index < -0.39 is 17.6 Å². The minimum absolute atomic E-state index is 0.286. The summed E-state index contributed by atoms with van der Waals surface area (Å²) >= 11 is 0. The maximum atomic E-state index is 11.5. The third-order valence-corrected chi connectivity index (χ3v) is 2.72. The van der Waals surface area contributed by atoms with Crippen molar-refractivity contribution in [3.8, 4) is 0 Å². The molecule has 1 atom stereocenters. The number of anilines is 1. The SMILES string of the molecule is O=C(O)C1=CC=CNC1(Nc1ccccc1)C(=O)O. The van der Waals surface area contributed by atoms with Gasteiger partial charge in [-0.15, -0.1) is 0 Å². The van der Waals surface area contributed by atoms with Crippen molar-refractivity contribution in [2.75, 3.05) is 5.32 Å². The molecule has 0 spiro atoms. The average molecular weight is 260 g/mol. The molecule has 0 fully saturated rings. The van der Waals surface area contributed by atoms with Crippen LogP contribution in [0.3, 0.4) is 0 Å². The number of carboxylic acid groups (broad SMARTS) is 2. The first kappa shape index (κ1) is 12.7. The predicted octanol–water partition coefficient (Wildman–Crippen LogP) is 1.01. The van der Waals surface area contributed by atoms with Crippen LogP contribution in [-0.4, -0.2) is 27.8 Å². The molecule has 0 radical (unpaired) electrons. The van der Waals surface area contributed by atoms with Crippen molar-refractivity contribution in [3.63, 3.8) is 0 Å². The van der Waals surface area contributed by atoms with Gasteiger partial charge in [0.25, 0.3) is 0 Å². The highest BCUT2D eigenvalue weighted by Crippen LogP contribution is 2.24. The Morgan fingerprint density at radius 3 is 2.42 bits per heavy atom. The van der Waals surface area contributed by atoms with Gasteiger partial charge in [0.2, 0.25) is 5.66 Å². The van der Waals surface area contributed by atoms with E-state index in [1.54, 1.807) is 30.3 Å². The van der Waals surface area contributed by atoms with Crippen molar-refractivity contribution in [3.05, 3.63) is 54.3 Å². The van der Waals surface area contributed by atoms with Crippen LogP contribution in [-0.2, 0) is 9.59 Å². The van der Waals surface area contributed by atoms with Crippen molar-refractivity contribution >= 4 is 17.6 Å². The fourth-order valence-corrected chi connectivity index (χ4v) is 1.82. The van der Waals surface area contributed by atoms with E-state index in [4.69, 9.17) is 5.11 Å². The Morgan fingerprint density at radius 2 is 1.84 bits per heavy atom. The molecule has 1 unspecified atom stereocenters. The number of aliphatic carboxylic acids is 2. The lowest BCUT2D eigenvalue weighted by atomic mass is 9.96. The van der Waals surface area contributed by atoms with Gasteiger partial charge in [-0.25, -0.2) is 9.59 Å². The molecular formula is C13H12N2O4. The number of carboxylic acids is 2. The topological polar surface area (TPSA) is 98.7 Å². The quantitative estimate of drug-likeness (QED) is 0.645. The number of dihydropyridines is 1. The number of benzene rings is 1. The summed E-state index contributed by atoms with van der Waals surface area (Å²) in [5, 5.41) is 23.8. The second-order valence-electron chi connectivity index (χ2n) is 3.94. The number of rotatable bonds is 4. The molecule has 0 saturated carbocycles. The second-order valence-corrected chi connectivity index (χ2v) is 3.94. The largest absolute Gasteiger partial charge is 0.478 e. The Kier molecular flexibility index (Phi) is 3.24. The van der Waals surface area contributed by atoms with Crippen LogP contribution < -0.4 is 10.6 Å². The first-order valence-electron chi connectivity index (χ1n) is 5.51. The summed E-state index contributed by atoms with van der Waals surface area (Å²) in [6.45, 7) is 0. The zero-order valence-corrected chi connectivity index (χ0v) is 9.83. The number of nitrogens with one attached hydrogen (secondary N) is 2. The van der Waals surface area contributed by atoms with Gasteiger partial charge in [-0.1, -0.05) is 18.2 Å². The summed E-state index contributed by atoms with van der Waals surface area (Å²) in [7, 11) is 0. The van der Waals surface area contributed by atoms with Gasteiger partial charge in [0.1, 0.15) is 0 Å². The highest BCUT2D eigenvalue weighted by atomic mass is 16.4. The minimum Gasteiger partial charge on any atom is -0.478 e. The van der Waals surface area contributed by atoms with Crippen molar-refractivity contribution < 1.29 is 19.8 Å². The van der Waals surface area contributed by atoms with Crippen LogP contribution in [0.2, 0.25) is 0 Å². The van der Waals surface area contributed by atoms with Gasteiger partial charge in [0.05, 0.1) is 5.57 Å². The Hall–Kier alpha value is -2.76. The monoisotopic (exact) mass is 260 g/mol. The highest BCUT2D eigenvalue weighted by Gasteiger charge is 2.46. The second kappa shape index (κ2) is 4.85. The molecule has 1 aromatic carbocycles. The van der Waals surface area contributed by atoms with Crippen LogP contribution >= 0.6 is 0 Å². The van der Waals surface area contributed by atoms with Gasteiger partial charge in [-0.05, 0) is 30.5 Å². The molecule has 1 heterocycles. The fourth-order valence-electron chi connectivity index (χ4n) is 1.82. The lowest BCUT2D eigenvalue weighted by Gasteiger charge is -2.33. The van der Waals surface area contributed by atoms with Crippen LogP contribution in [0.5, 0.6) is 0 Å². The molecule has 6 nitrogen and oxygen atoms in total. The smallest absolute Gasteiger partial charge is 0.355 e. The molecule has 0 amide bonds. The summed E-state index contributed by atoms with van der Waals surface area (Å²) in [6, 6.07) is 8.54. The third kappa shape index (κ3) is 2.28. The summed E-state index contributed by atoms with van der Waals surface area (Å²) in [5.74, 6) is -2.63. The summed E-state index contributed by atoms with van der Waals surface area (Å²) < 4.78 is 0. The molecule has 2 rings (SSSR count). The first-order chi connectivity index (χ1) is 9.06. The lowest BCUT2D eigenvalue weighted by Crippen LogP contribution is -2.60. The Bertz CT molecular complexity index is 565. The summed E-state index contributed by atoms with van der Waals surface area (Å²) in [5.41, 5.74) is -1.67. The molecule has 0 bridgehead atoms. The van der Waals surface area contributed by atoms with Crippen molar-refractivity contribution in [1.29, 1.82) is 0 Å². The lowest BCUT2D eigenvalue weighted by molar-refractivity contribution is -0.145. The van der Waals surface area contributed by atoms with Gasteiger partial charge in [0.15, 0.2) is 0 Å². The molecule has 0 saturated heterocycles. The van der Waals surface area contributed by atoms with E-state index in [-0.39, 0.29) is 5.57 Å². The van der Waals surface area contributed by atoms with E-state index in [2.05, 4.69) is 10.6 Å². The number of carbonyl (C=O) groups is 2. The highest BCUT2D eigenvalue weighted by molar-refractivity contribution is 6.02. The summed E-state index contributed by atoms with van der Waals surface area (Å²) in [6.07, 6.45) is 4.08. The average Bonchev–Trinajstić information content (AvgIpc) is 2.40. The zero-order chi connectivity index (χ0) is 13.9. The number of hydrogen-bond donors (Lipinski definition) is 4. The molecule has 0 aliphatic carbocycles. The van der Waals surface area contributed by atoms with Gasteiger partial charge in [-0.3, -0.25) is 0 Å². The minimum atomic E-state index is -1.89. The van der Waals surface area contributed by atoms with Crippen molar-refractivity contribution in [2.24, 2.45) is 0 Å². The molecule has 1 aliphatic rings. The van der Waals surface area contributed by atoms with E-state index in [0.717, 1.165) is 0 Å². The van der Waals surface area contributed by atoms with Gasteiger partial charge in [0, 0.05) is 5.69 Å².